The zero-order valence-electron chi connectivity index (χ0n) is 11.5. The van der Waals surface area contributed by atoms with Crippen LogP contribution in [0.5, 0.6) is 0 Å². The lowest BCUT2D eigenvalue weighted by atomic mass is 10.1. The van der Waals surface area contributed by atoms with Crippen LogP contribution in [-0.2, 0) is 16.1 Å². The Balaban J connectivity index is 1.94. The van der Waals surface area contributed by atoms with E-state index in [4.69, 9.17) is 9.84 Å². The van der Waals surface area contributed by atoms with Gasteiger partial charge in [-0.2, -0.15) is 0 Å². The molecule has 1 N–H and O–H groups in total. The molecule has 0 spiro atoms. The van der Waals surface area contributed by atoms with Crippen LogP contribution in [0.25, 0.3) is 0 Å². The molecule has 0 radical (unpaired) electrons. The third-order valence-corrected chi connectivity index (χ3v) is 3.45. The smallest absolute Gasteiger partial charge is 0.335 e. The minimum absolute atomic E-state index is 0.00740. The number of carboxylic acid groups (broad SMARTS) is 1. The maximum atomic E-state index is 12.2. The van der Waals surface area contributed by atoms with Gasteiger partial charge in [-0.3, -0.25) is 4.79 Å². The van der Waals surface area contributed by atoms with Gasteiger partial charge in [-0.1, -0.05) is 12.1 Å². The quantitative estimate of drug-likeness (QED) is 0.913. The molecule has 0 aliphatic carbocycles. The van der Waals surface area contributed by atoms with Crippen molar-refractivity contribution in [3.05, 3.63) is 35.4 Å². The summed E-state index contributed by atoms with van der Waals surface area (Å²) >= 11 is 0. The molecule has 1 aliphatic rings. The van der Waals surface area contributed by atoms with Gasteiger partial charge in [0.1, 0.15) is 6.10 Å². The van der Waals surface area contributed by atoms with E-state index in [1.165, 1.54) is 0 Å². The third-order valence-electron chi connectivity index (χ3n) is 3.45. The van der Waals surface area contributed by atoms with Crippen LogP contribution in [0.1, 0.15) is 35.2 Å². The molecule has 5 heteroatoms. The normalized spacial score (nSPS) is 18.6. The fourth-order valence-electron chi connectivity index (χ4n) is 2.29. The summed E-state index contributed by atoms with van der Waals surface area (Å²) in [7, 11) is 1.74. The first kappa shape index (κ1) is 14.5. The summed E-state index contributed by atoms with van der Waals surface area (Å²) in [5.41, 5.74) is 1.15. The van der Waals surface area contributed by atoms with Gasteiger partial charge < -0.3 is 14.7 Å². The summed E-state index contributed by atoms with van der Waals surface area (Å²) < 4.78 is 5.48. The van der Waals surface area contributed by atoms with Crippen molar-refractivity contribution in [2.75, 3.05) is 13.7 Å². The van der Waals surface area contributed by atoms with Crippen molar-refractivity contribution in [1.29, 1.82) is 0 Å². The number of carboxylic acids is 1. The molecule has 5 nitrogen and oxygen atoms in total. The SMILES string of the molecule is CN(Cc1ccc(C(=O)O)cc1)C(=O)[C@H]1CCCCO1. The van der Waals surface area contributed by atoms with Gasteiger partial charge >= 0.3 is 5.97 Å². The lowest BCUT2D eigenvalue weighted by Crippen LogP contribution is -2.39. The van der Waals surface area contributed by atoms with E-state index in [-0.39, 0.29) is 17.6 Å². The zero-order chi connectivity index (χ0) is 14.5. The minimum atomic E-state index is -0.948. The Bertz CT molecular complexity index is 477. The molecule has 20 heavy (non-hydrogen) atoms. The molecule has 1 amide bonds. The van der Waals surface area contributed by atoms with Crippen molar-refractivity contribution in [3.63, 3.8) is 0 Å². The average Bonchev–Trinajstić information content (AvgIpc) is 2.48. The summed E-state index contributed by atoms with van der Waals surface area (Å²) in [6.45, 7) is 1.11. The van der Waals surface area contributed by atoms with Crippen LogP contribution in [0.4, 0.5) is 0 Å². The Morgan fingerprint density at radius 1 is 1.30 bits per heavy atom. The highest BCUT2D eigenvalue weighted by Gasteiger charge is 2.24. The van der Waals surface area contributed by atoms with Gasteiger partial charge in [-0.15, -0.1) is 0 Å². The van der Waals surface area contributed by atoms with Crippen LogP contribution in [0, 0.1) is 0 Å². The van der Waals surface area contributed by atoms with Gasteiger partial charge in [0.2, 0.25) is 0 Å². The molecule has 1 heterocycles. The van der Waals surface area contributed by atoms with Crippen molar-refractivity contribution in [3.8, 4) is 0 Å². The number of amides is 1. The van der Waals surface area contributed by atoms with E-state index in [9.17, 15) is 9.59 Å². The Labute approximate surface area is 118 Å². The van der Waals surface area contributed by atoms with Crippen LogP contribution in [-0.4, -0.2) is 41.6 Å². The number of carbonyl (C=O) groups excluding carboxylic acids is 1. The predicted octanol–water partition coefficient (Wildman–Crippen LogP) is 1.91. The second-order valence-electron chi connectivity index (χ2n) is 5.05. The van der Waals surface area contributed by atoms with Crippen molar-refractivity contribution in [2.24, 2.45) is 0 Å². The Kier molecular flexibility index (Phi) is 4.74. The highest BCUT2D eigenvalue weighted by Crippen LogP contribution is 2.16. The second kappa shape index (κ2) is 6.52. The van der Waals surface area contributed by atoms with Gasteiger partial charge in [0.25, 0.3) is 5.91 Å². The third kappa shape index (κ3) is 3.57. The van der Waals surface area contributed by atoms with Crippen molar-refractivity contribution in [1.82, 2.24) is 4.90 Å². The minimum Gasteiger partial charge on any atom is -0.478 e. The molecular formula is C15H19NO4. The van der Waals surface area contributed by atoms with E-state index in [0.717, 1.165) is 24.8 Å². The van der Waals surface area contributed by atoms with Crippen LogP contribution in [0.2, 0.25) is 0 Å². The molecule has 108 valence electrons. The molecule has 2 rings (SSSR count). The molecule has 0 unspecified atom stereocenters. The number of hydrogen-bond acceptors (Lipinski definition) is 3. The van der Waals surface area contributed by atoms with Gasteiger partial charge in [-0.05, 0) is 37.0 Å². The topological polar surface area (TPSA) is 66.8 Å². The predicted molar refractivity (Wildman–Crippen MR) is 73.5 cm³/mol. The van der Waals surface area contributed by atoms with Gasteiger partial charge in [0, 0.05) is 20.2 Å². The summed E-state index contributed by atoms with van der Waals surface area (Å²) in [6, 6.07) is 6.56. The standard InChI is InChI=1S/C15H19NO4/c1-16(14(17)13-4-2-3-9-20-13)10-11-5-7-12(8-6-11)15(18)19/h5-8,13H,2-4,9-10H2,1H3,(H,18,19)/t13-/m1/s1. The molecule has 1 aromatic rings. The molecule has 1 fully saturated rings. The number of rotatable bonds is 4. The van der Waals surface area contributed by atoms with E-state index < -0.39 is 5.97 Å². The number of nitrogens with zero attached hydrogens (tertiary/aromatic N) is 1. The van der Waals surface area contributed by atoms with E-state index in [0.29, 0.717) is 13.2 Å². The molecule has 1 aliphatic heterocycles. The fourth-order valence-corrected chi connectivity index (χ4v) is 2.29. The maximum Gasteiger partial charge on any atom is 0.335 e. The summed E-state index contributed by atoms with van der Waals surface area (Å²) in [4.78, 5) is 24.6. The molecule has 0 saturated carbocycles. The molecule has 0 aromatic heterocycles. The maximum absolute atomic E-state index is 12.2. The number of likely N-dealkylation sites (N-methyl/N-ethyl adjacent to an activating group) is 1. The van der Waals surface area contributed by atoms with Gasteiger partial charge in [0.05, 0.1) is 5.56 Å². The highest BCUT2D eigenvalue weighted by molar-refractivity contribution is 5.87. The molecular weight excluding hydrogens is 258 g/mol. The van der Waals surface area contributed by atoms with Crippen molar-refractivity contribution >= 4 is 11.9 Å². The molecule has 1 aromatic carbocycles. The molecule has 1 atom stereocenters. The Morgan fingerprint density at radius 3 is 2.55 bits per heavy atom. The first-order chi connectivity index (χ1) is 9.58. The van der Waals surface area contributed by atoms with E-state index in [1.807, 2.05) is 0 Å². The Morgan fingerprint density at radius 2 is 2.00 bits per heavy atom. The van der Waals surface area contributed by atoms with E-state index >= 15 is 0 Å². The number of hydrogen-bond donors (Lipinski definition) is 1. The first-order valence-corrected chi connectivity index (χ1v) is 6.77. The first-order valence-electron chi connectivity index (χ1n) is 6.77. The summed E-state index contributed by atoms with van der Waals surface area (Å²) in [5, 5.41) is 8.83. The lowest BCUT2D eigenvalue weighted by Gasteiger charge is -2.26. The van der Waals surface area contributed by atoms with E-state index in [1.54, 1.807) is 36.2 Å². The Hall–Kier alpha value is -1.88. The summed E-state index contributed by atoms with van der Waals surface area (Å²) in [6.07, 6.45) is 2.50. The highest BCUT2D eigenvalue weighted by atomic mass is 16.5. The monoisotopic (exact) mass is 277 g/mol. The molecule has 1 saturated heterocycles. The van der Waals surface area contributed by atoms with Crippen molar-refractivity contribution < 1.29 is 19.4 Å². The van der Waals surface area contributed by atoms with Crippen LogP contribution < -0.4 is 0 Å². The van der Waals surface area contributed by atoms with E-state index in [2.05, 4.69) is 0 Å². The number of aromatic carboxylic acids is 1. The largest absolute Gasteiger partial charge is 0.478 e. The lowest BCUT2D eigenvalue weighted by molar-refractivity contribution is -0.145. The van der Waals surface area contributed by atoms with Gasteiger partial charge in [-0.25, -0.2) is 4.79 Å². The van der Waals surface area contributed by atoms with Crippen LogP contribution in [0.3, 0.4) is 0 Å². The summed E-state index contributed by atoms with van der Waals surface area (Å²) in [5.74, 6) is -0.955. The van der Waals surface area contributed by atoms with Crippen molar-refractivity contribution in [2.45, 2.75) is 31.9 Å². The van der Waals surface area contributed by atoms with Gasteiger partial charge in [0.15, 0.2) is 0 Å². The average molecular weight is 277 g/mol. The number of benzene rings is 1. The molecule has 0 bridgehead atoms. The van der Waals surface area contributed by atoms with Crippen LogP contribution in [0.15, 0.2) is 24.3 Å². The number of carbonyl (C=O) groups is 2. The number of ether oxygens (including phenoxy) is 1. The second-order valence-corrected chi connectivity index (χ2v) is 5.05. The van der Waals surface area contributed by atoms with Crippen LogP contribution >= 0.6 is 0 Å². The zero-order valence-corrected chi connectivity index (χ0v) is 11.5. The fraction of sp³-hybridized carbons (Fsp3) is 0.467.